The third kappa shape index (κ3) is 3.51. The summed E-state index contributed by atoms with van der Waals surface area (Å²) in [4.78, 5) is 14.5. The maximum Gasteiger partial charge on any atom is 0.257 e. The number of hydrogen-bond acceptors (Lipinski definition) is 3. The molecule has 1 saturated heterocycles. The van der Waals surface area contributed by atoms with Crippen LogP contribution in [0, 0.1) is 0 Å². The zero-order valence-corrected chi connectivity index (χ0v) is 14.6. The van der Waals surface area contributed by atoms with Gasteiger partial charge >= 0.3 is 0 Å². The van der Waals surface area contributed by atoms with Crippen LogP contribution in [0.15, 0.2) is 41.1 Å². The Morgan fingerprint density at radius 3 is 3.00 bits per heavy atom. The second-order valence-electron chi connectivity index (χ2n) is 5.21. The van der Waals surface area contributed by atoms with Crippen LogP contribution in [0.3, 0.4) is 0 Å². The number of amides is 1. The van der Waals surface area contributed by atoms with Gasteiger partial charge in [0, 0.05) is 36.3 Å². The van der Waals surface area contributed by atoms with Gasteiger partial charge in [0.2, 0.25) is 0 Å². The van der Waals surface area contributed by atoms with Crippen molar-refractivity contribution in [2.45, 2.75) is 13.0 Å². The highest BCUT2D eigenvalue weighted by Gasteiger charge is 2.24. The van der Waals surface area contributed by atoms with E-state index in [9.17, 15) is 4.79 Å². The number of aromatic nitrogens is 2. The van der Waals surface area contributed by atoms with E-state index >= 15 is 0 Å². The van der Waals surface area contributed by atoms with Crippen molar-refractivity contribution in [1.29, 1.82) is 0 Å². The quantitative estimate of drug-likeness (QED) is 0.864. The molecule has 22 heavy (non-hydrogen) atoms. The molecule has 2 aromatic rings. The van der Waals surface area contributed by atoms with Gasteiger partial charge in [0.25, 0.3) is 5.91 Å². The number of nitrogens with one attached hydrogen (secondary N) is 1. The van der Waals surface area contributed by atoms with E-state index < -0.39 is 0 Å². The van der Waals surface area contributed by atoms with Crippen LogP contribution < -0.4 is 5.32 Å². The molecule has 118 valence electrons. The van der Waals surface area contributed by atoms with Gasteiger partial charge in [-0.25, -0.2) is 4.68 Å². The predicted molar refractivity (Wildman–Crippen MR) is 91.9 cm³/mol. The van der Waals surface area contributed by atoms with Gasteiger partial charge in [0.05, 0.1) is 17.4 Å². The highest BCUT2D eigenvalue weighted by molar-refractivity contribution is 9.10. The fourth-order valence-electron chi connectivity index (χ4n) is 2.50. The van der Waals surface area contributed by atoms with Crippen molar-refractivity contribution in [2.24, 2.45) is 0 Å². The molecular formula is C15H18BrClN4O. The van der Waals surface area contributed by atoms with Crippen LogP contribution in [0.25, 0.3) is 5.69 Å². The van der Waals surface area contributed by atoms with Crippen molar-refractivity contribution in [3.8, 4) is 5.69 Å². The van der Waals surface area contributed by atoms with Crippen LogP contribution in [0.4, 0.5) is 0 Å². The lowest BCUT2D eigenvalue weighted by Crippen LogP contribution is -2.52. The number of benzene rings is 1. The summed E-state index contributed by atoms with van der Waals surface area (Å²) in [7, 11) is 0. The van der Waals surface area contributed by atoms with E-state index in [0.29, 0.717) is 5.56 Å². The van der Waals surface area contributed by atoms with Gasteiger partial charge in [-0.1, -0.05) is 22.0 Å². The Balaban J connectivity index is 0.00000176. The van der Waals surface area contributed by atoms with Crippen LogP contribution >= 0.6 is 28.3 Å². The first-order valence-corrected chi connectivity index (χ1v) is 7.77. The Hall–Kier alpha value is -1.37. The molecule has 7 heteroatoms. The summed E-state index contributed by atoms with van der Waals surface area (Å²) in [5.74, 6) is 0.0465. The van der Waals surface area contributed by atoms with Crippen molar-refractivity contribution in [1.82, 2.24) is 20.0 Å². The van der Waals surface area contributed by atoms with E-state index in [1.807, 2.05) is 29.2 Å². The maximum absolute atomic E-state index is 12.6. The van der Waals surface area contributed by atoms with Gasteiger partial charge in [0.15, 0.2) is 0 Å². The Labute approximate surface area is 144 Å². The van der Waals surface area contributed by atoms with Gasteiger partial charge in [0.1, 0.15) is 0 Å². The minimum Gasteiger partial charge on any atom is -0.333 e. The van der Waals surface area contributed by atoms with E-state index in [2.05, 4.69) is 33.3 Å². The molecule has 1 fully saturated rings. The van der Waals surface area contributed by atoms with Crippen molar-refractivity contribution < 1.29 is 4.79 Å². The number of halogens is 2. The Morgan fingerprint density at radius 1 is 1.45 bits per heavy atom. The molecule has 3 rings (SSSR count). The molecule has 1 aromatic heterocycles. The van der Waals surface area contributed by atoms with Crippen LogP contribution in [0.1, 0.15) is 17.3 Å². The Kier molecular flexibility index (Phi) is 5.61. The molecule has 1 unspecified atom stereocenters. The fraction of sp³-hybridized carbons (Fsp3) is 0.333. The van der Waals surface area contributed by atoms with E-state index in [1.165, 1.54) is 0 Å². The van der Waals surface area contributed by atoms with Crippen LogP contribution in [0.2, 0.25) is 0 Å². The van der Waals surface area contributed by atoms with Crippen LogP contribution in [-0.4, -0.2) is 46.3 Å². The third-order valence-corrected chi connectivity index (χ3v) is 4.16. The lowest BCUT2D eigenvalue weighted by Gasteiger charge is -2.33. The zero-order valence-electron chi connectivity index (χ0n) is 12.2. The first kappa shape index (κ1) is 17.0. The number of carbonyl (C=O) groups excluding carboxylic acids is 1. The summed E-state index contributed by atoms with van der Waals surface area (Å²) in [5, 5.41) is 7.59. The second-order valence-corrected chi connectivity index (χ2v) is 6.12. The Morgan fingerprint density at radius 2 is 2.27 bits per heavy atom. The summed E-state index contributed by atoms with van der Waals surface area (Å²) in [6.45, 7) is 4.48. The van der Waals surface area contributed by atoms with Crippen LogP contribution in [0.5, 0.6) is 0 Å². The zero-order chi connectivity index (χ0) is 14.8. The SMILES string of the molecule is CC1CNCCN1C(=O)c1cnn(-c2cccc(Br)c2)c1.Cl. The predicted octanol–water partition coefficient (Wildman–Crippen LogP) is 2.49. The van der Waals surface area contributed by atoms with E-state index in [4.69, 9.17) is 0 Å². The molecular weight excluding hydrogens is 368 g/mol. The number of carbonyl (C=O) groups is 1. The number of nitrogens with zero attached hydrogens (tertiary/aromatic N) is 3. The molecule has 2 heterocycles. The standard InChI is InChI=1S/C15H17BrN4O.ClH/c1-11-8-17-5-6-19(11)15(21)12-9-18-20(10-12)14-4-2-3-13(16)7-14;/h2-4,7,9-11,17H,5-6,8H2,1H3;1H. The normalized spacial score (nSPS) is 17.9. The molecule has 5 nitrogen and oxygen atoms in total. The highest BCUT2D eigenvalue weighted by Crippen LogP contribution is 2.16. The smallest absolute Gasteiger partial charge is 0.257 e. The minimum atomic E-state index is 0. The molecule has 0 saturated carbocycles. The average molecular weight is 386 g/mol. The first-order chi connectivity index (χ1) is 10.1. The molecule has 1 atom stereocenters. The van der Waals surface area contributed by atoms with Crippen molar-refractivity contribution in [3.63, 3.8) is 0 Å². The molecule has 0 bridgehead atoms. The van der Waals surface area contributed by atoms with Crippen molar-refractivity contribution in [2.75, 3.05) is 19.6 Å². The lowest BCUT2D eigenvalue weighted by atomic mass is 10.2. The van der Waals surface area contributed by atoms with Gasteiger partial charge in [-0.05, 0) is 25.1 Å². The fourth-order valence-corrected chi connectivity index (χ4v) is 2.89. The molecule has 1 N–H and O–H groups in total. The molecule has 1 aliphatic heterocycles. The van der Waals surface area contributed by atoms with Gasteiger partial charge in [-0.15, -0.1) is 12.4 Å². The van der Waals surface area contributed by atoms with Gasteiger partial charge in [-0.3, -0.25) is 4.79 Å². The summed E-state index contributed by atoms with van der Waals surface area (Å²) in [6.07, 6.45) is 3.43. The summed E-state index contributed by atoms with van der Waals surface area (Å²) in [6, 6.07) is 8.04. The van der Waals surface area contributed by atoms with E-state index in [-0.39, 0.29) is 24.4 Å². The third-order valence-electron chi connectivity index (χ3n) is 3.66. The molecule has 1 amide bonds. The first-order valence-electron chi connectivity index (χ1n) is 6.97. The largest absolute Gasteiger partial charge is 0.333 e. The highest BCUT2D eigenvalue weighted by atomic mass is 79.9. The monoisotopic (exact) mass is 384 g/mol. The molecule has 1 aromatic carbocycles. The minimum absolute atomic E-state index is 0. The second kappa shape index (κ2) is 7.26. The lowest BCUT2D eigenvalue weighted by molar-refractivity contribution is 0.0656. The number of hydrogen-bond donors (Lipinski definition) is 1. The number of piperazine rings is 1. The van der Waals surface area contributed by atoms with Crippen LogP contribution in [-0.2, 0) is 0 Å². The van der Waals surface area contributed by atoms with E-state index in [0.717, 1.165) is 29.8 Å². The summed E-state index contributed by atoms with van der Waals surface area (Å²) >= 11 is 3.44. The molecule has 1 aliphatic rings. The average Bonchev–Trinajstić information content (AvgIpc) is 2.97. The Bertz CT molecular complexity index is 660. The summed E-state index contributed by atoms with van der Waals surface area (Å²) < 4.78 is 2.71. The van der Waals surface area contributed by atoms with Gasteiger partial charge < -0.3 is 10.2 Å². The van der Waals surface area contributed by atoms with E-state index in [1.54, 1.807) is 17.1 Å². The maximum atomic E-state index is 12.6. The topological polar surface area (TPSA) is 50.2 Å². The van der Waals surface area contributed by atoms with Crippen molar-refractivity contribution in [3.05, 3.63) is 46.7 Å². The van der Waals surface area contributed by atoms with Crippen molar-refractivity contribution >= 4 is 34.2 Å². The van der Waals surface area contributed by atoms with Gasteiger partial charge in [-0.2, -0.15) is 5.10 Å². The molecule has 0 spiro atoms. The summed E-state index contributed by atoms with van der Waals surface area (Å²) in [5.41, 5.74) is 1.56. The number of rotatable bonds is 2. The molecule has 0 radical (unpaired) electrons. The molecule has 0 aliphatic carbocycles.